The molecule has 3 heteroatoms. The van der Waals surface area contributed by atoms with Crippen molar-refractivity contribution in [2.24, 2.45) is 5.73 Å². The zero-order chi connectivity index (χ0) is 12.6. The molecule has 0 amide bonds. The molecule has 0 radical (unpaired) electrons. The van der Waals surface area contributed by atoms with Crippen molar-refractivity contribution >= 4 is 5.69 Å². The Balaban J connectivity index is 1.86. The highest BCUT2D eigenvalue weighted by molar-refractivity contribution is 5.43. The first-order chi connectivity index (χ1) is 8.88. The van der Waals surface area contributed by atoms with E-state index in [0.29, 0.717) is 13.2 Å². The topological polar surface area (TPSA) is 47.3 Å². The number of benzene rings is 2. The van der Waals surface area contributed by atoms with Crippen molar-refractivity contribution in [2.75, 3.05) is 18.5 Å². The third kappa shape index (κ3) is 3.79. The maximum atomic E-state index is 5.43. The van der Waals surface area contributed by atoms with Crippen LogP contribution in [0.25, 0.3) is 0 Å². The monoisotopic (exact) mass is 242 g/mol. The van der Waals surface area contributed by atoms with Crippen LogP contribution >= 0.6 is 0 Å². The first-order valence-corrected chi connectivity index (χ1v) is 6.09. The maximum absolute atomic E-state index is 5.43. The van der Waals surface area contributed by atoms with Gasteiger partial charge >= 0.3 is 0 Å². The van der Waals surface area contributed by atoms with E-state index in [9.17, 15) is 0 Å². The van der Waals surface area contributed by atoms with E-state index in [1.165, 1.54) is 5.56 Å². The average Bonchev–Trinajstić information content (AvgIpc) is 2.45. The van der Waals surface area contributed by atoms with E-state index in [0.717, 1.165) is 18.0 Å². The first kappa shape index (κ1) is 12.5. The molecule has 0 saturated heterocycles. The molecule has 0 spiro atoms. The maximum Gasteiger partial charge on any atom is 0.119 e. The minimum atomic E-state index is 0.539. The molecule has 0 aliphatic heterocycles. The smallest absolute Gasteiger partial charge is 0.119 e. The molecule has 0 aromatic heterocycles. The number of nitrogens with two attached hydrogens (primary N) is 1. The lowest BCUT2D eigenvalue weighted by molar-refractivity contribution is 0.328. The van der Waals surface area contributed by atoms with Gasteiger partial charge < -0.3 is 15.8 Å². The van der Waals surface area contributed by atoms with E-state index in [-0.39, 0.29) is 0 Å². The summed E-state index contributed by atoms with van der Waals surface area (Å²) >= 11 is 0. The SMILES string of the molecule is NCCOc1ccc(CNc2ccccc2)cc1. The summed E-state index contributed by atoms with van der Waals surface area (Å²) in [5, 5.41) is 3.36. The summed E-state index contributed by atoms with van der Waals surface area (Å²) in [5.41, 5.74) is 7.73. The molecule has 0 aliphatic carbocycles. The van der Waals surface area contributed by atoms with Gasteiger partial charge in [0.1, 0.15) is 12.4 Å². The normalized spacial score (nSPS) is 10.1. The zero-order valence-electron chi connectivity index (χ0n) is 10.3. The fourth-order valence-corrected chi connectivity index (χ4v) is 1.64. The minimum absolute atomic E-state index is 0.539. The Morgan fingerprint density at radius 2 is 1.67 bits per heavy atom. The molecule has 0 heterocycles. The third-order valence-electron chi connectivity index (χ3n) is 2.58. The van der Waals surface area contributed by atoms with Gasteiger partial charge in [-0.3, -0.25) is 0 Å². The summed E-state index contributed by atoms with van der Waals surface area (Å²) in [7, 11) is 0. The molecule has 0 atom stereocenters. The van der Waals surface area contributed by atoms with Gasteiger partial charge in [-0.05, 0) is 29.8 Å². The number of rotatable bonds is 6. The van der Waals surface area contributed by atoms with Gasteiger partial charge in [0.2, 0.25) is 0 Å². The fraction of sp³-hybridized carbons (Fsp3) is 0.200. The van der Waals surface area contributed by atoms with Crippen LogP contribution in [-0.2, 0) is 6.54 Å². The van der Waals surface area contributed by atoms with E-state index in [1.807, 2.05) is 30.3 Å². The van der Waals surface area contributed by atoms with E-state index in [1.54, 1.807) is 0 Å². The first-order valence-electron chi connectivity index (χ1n) is 6.09. The van der Waals surface area contributed by atoms with Crippen molar-refractivity contribution in [3.63, 3.8) is 0 Å². The summed E-state index contributed by atoms with van der Waals surface area (Å²) in [4.78, 5) is 0. The van der Waals surface area contributed by atoms with E-state index >= 15 is 0 Å². The third-order valence-corrected chi connectivity index (χ3v) is 2.58. The molecule has 0 fully saturated rings. The molecule has 0 unspecified atom stereocenters. The van der Waals surface area contributed by atoms with Crippen LogP contribution in [0.1, 0.15) is 5.56 Å². The molecule has 2 aromatic carbocycles. The summed E-state index contributed by atoms with van der Waals surface area (Å²) in [6, 6.07) is 18.2. The molecule has 0 saturated carbocycles. The van der Waals surface area contributed by atoms with Gasteiger partial charge in [0.05, 0.1) is 0 Å². The predicted octanol–water partition coefficient (Wildman–Crippen LogP) is 2.64. The lowest BCUT2D eigenvalue weighted by Crippen LogP contribution is -2.10. The number of ether oxygens (including phenoxy) is 1. The summed E-state index contributed by atoms with van der Waals surface area (Å²) < 4.78 is 5.43. The number of anilines is 1. The molecule has 2 rings (SSSR count). The van der Waals surface area contributed by atoms with Crippen molar-refractivity contribution in [3.8, 4) is 5.75 Å². The molecule has 0 aliphatic rings. The van der Waals surface area contributed by atoms with Crippen LogP contribution in [0.15, 0.2) is 54.6 Å². The van der Waals surface area contributed by atoms with Crippen molar-refractivity contribution in [1.29, 1.82) is 0 Å². The van der Waals surface area contributed by atoms with Crippen LogP contribution in [-0.4, -0.2) is 13.2 Å². The predicted molar refractivity (Wildman–Crippen MR) is 74.8 cm³/mol. The summed E-state index contributed by atoms with van der Waals surface area (Å²) in [5.74, 6) is 0.865. The van der Waals surface area contributed by atoms with Crippen LogP contribution in [0.4, 0.5) is 5.69 Å². The molecule has 3 N–H and O–H groups in total. The van der Waals surface area contributed by atoms with Gasteiger partial charge in [-0.2, -0.15) is 0 Å². The Morgan fingerprint density at radius 1 is 0.944 bits per heavy atom. The quantitative estimate of drug-likeness (QED) is 0.818. The Labute approximate surface area is 108 Å². The molecular weight excluding hydrogens is 224 g/mol. The van der Waals surface area contributed by atoms with Crippen molar-refractivity contribution in [3.05, 3.63) is 60.2 Å². The van der Waals surface area contributed by atoms with Crippen molar-refractivity contribution < 1.29 is 4.74 Å². The standard InChI is InChI=1S/C15H18N2O/c16-10-11-18-15-8-6-13(7-9-15)12-17-14-4-2-1-3-5-14/h1-9,17H,10-12,16H2. The highest BCUT2D eigenvalue weighted by Crippen LogP contribution is 2.13. The number of hydrogen-bond donors (Lipinski definition) is 2. The van der Waals surface area contributed by atoms with Gasteiger partial charge in [0, 0.05) is 18.8 Å². The zero-order valence-corrected chi connectivity index (χ0v) is 10.3. The molecule has 3 nitrogen and oxygen atoms in total. The van der Waals surface area contributed by atoms with E-state index in [2.05, 4.69) is 29.6 Å². The fourth-order valence-electron chi connectivity index (χ4n) is 1.64. The van der Waals surface area contributed by atoms with E-state index < -0.39 is 0 Å². The summed E-state index contributed by atoms with van der Waals surface area (Å²) in [6.07, 6.45) is 0. The van der Waals surface area contributed by atoms with Gasteiger partial charge in [-0.25, -0.2) is 0 Å². The molecule has 2 aromatic rings. The van der Waals surface area contributed by atoms with Gasteiger partial charge in [-0.1, -0.05) is 30.3 Å². The minimum Gasteiger partial charge on any atom is -0.492 e. The average molecular weight is 242 g/mol. The highest BCUT2D eigenvalue weighted by atomic mass is 16.5. The lowest BCUT2D eigenvalue weighted by atomic mass is 10.2. The molecular formula is C15H18N2O. The van der Waals surface area contributed by atoms with Crippen LogP contribution in [0.5, 0.6) is 5.75 Å². The van der Waals surface area contributed by atoms with Gasteiger partial charge in [-0.15, -0.1) is 0 Å². The summed E-state index contributed by atoms with van der Waals surface area (Å²) in [6.45, 7) is 1.90. The highest BCUT2D eigenvalue weighted by Gasteiger charge is 1.95. The molecule has 0 bridgehead atoms. The molecule has 94 valence electrons. The largest absolute Gasteiger partial charge is 0.492 e. The lowest BCUT2D eigenvalue weighted by Gasteiger charge is -2.08. The van der Waals surface area contributed by atoms with Crippen LogP contribution < -0.4 is 15.8 Å². The second-order valence-electron chi connectivity index (χ2n) is 4.00. The van der Waals surface area contributed by atoms with Crippen LogP contribution in [0.3, 0.4) is 0 Å². The van der Waals surface area contributed by atoms with Crippen molar-refractivity contribution in [1.82, 2.24) is 0 Å². The van der Waals surface area contributed by atoms with Crippen molar-refractivity contribution in [2.45, 2.75) is 6.54 Å². The van der Waals surface area contributed by atoms with Crippen LogP contribution in [0.2, 0.25) is 0 Å². The Kier molecular flexibility index (Phi) is 4.61. The van der Waals surface area contributed by atoms with E-state index in [4.69, 9.17) is 10.5 Å². The number of nitrogens with one attached hydrogen (secondary N) is 1. The Hall–Kier alpha value is -2.00. The molecule has 18 heavy (non-hydrogen) atoms. The van der Waals surface area contributed by atoms with Crippen LogP contribution in [0, 0.1) is 0 Å². The Morgan fingerprint density at radius 3 is 2.33 bits per heavy atom. The number of hydrogen-bond acceptors (Lipinski definition) is 3. The number of para-hydroxylation sites is 1. The Bertz CT molecular complexity index is 454. The second kappa shape index (κ2) is 6.67. The van der Waals surface area contributed by atoms with Gasteiger partial charge in [0.15, 0.2) is 0 Å². The van der Waals surface area contributed by atoms with Gasteiger partial charge in [0.25, 0.3) is 0 Å². The second-order valence-corrected chi connectivity index (χ2v) is 4.00.